The van der Waals surface area contributed by atoms with Gasteiger partial charge in [-0.15, -0.1) is 11.8 Å². The number of amides is 1. The number of carbonyl (C=O) groups is 1. The topological polar surface area (TPSA) is 77.2 Å². The molecule has 0 saturated heterocycles. The zero-order valence-electron chi connectivity index (χ0n) is 15.5. The number of thioether (sulfide) groups is 1. The molecule has 1 amide bonds. The zero-order chi connectivity index (χ0) is 19.3. The average Bonchev–Trinajstić information content (AvgIpc) is 3.31. The number of aromatic amines is 1. The van der Waals surface area contributed by atoms with Crippen LogP contribution in [0, 0.1) is 0 Å². The molecular weight excluding hydrogens is 370 g/mol. The van der Waals surface area contributed by atoms with E-state index in [4.69, 9.17) is 5.21 Å². The van der Waals surface area contributed by atoms with Crippen LogP contribution in [0.15, 0.2) is 53.6 Å². The van der Waals surface area contributed by atoms with Gasteiger partial charge < -0.3 is 10.3 Å². The van der Waals surface area contributed by atoms with Crippen molar-refractivity contribution >= 4 is 34.6 Å². The standard InChI is InChI=1S/C22H23N3O2S/c26-21(25-27)8-6-15-1-3-17(4-2-15)14-23-11-9-16-5-7-18-19-10-12-28-22(19)24-20(18)13-16/h1-8,13,23-24,27H,9-12,14H2,(H,25,26)/b8-6+. The number of H-pyrrole nitrogens is 1. The van der Waals surface area contributed by atoms with Gasteiger partial charge in [0.2, 0.25) is 0 Å². The van der Waals surface area contributed by atoms with Gasteiger partial charge in [0.25, 0.3) is 5.91 Å². The normalized spacial score (nSPS) is 13.3. The molecular formula is C22H23N3O2S. The predicted molar refractivity (Wildman–Crippen MR) is 114 cm³/mol. The van der Waals surface area contributed by atoms with Crippen molar-refractivity contribution < 1.29 is 10.0 Å². The monoisotopic (exact) mass is 393 g/mol. The summed E-state index contributed by atoms with van der Waals surface area (Å²) in [5.74, 6) is 0.657. The Bertz CT molecular complexity index is 1010. The van der Waals surface area contributed by atoms with Crippen molar-refractivity contribution in [2.75, 3.05) is 12.3 Å². The van der Waals surface area contributed by atoms with Crippen LogP contribution in [-0.4, -0.2) is 28.4 Å². The summed E-state index contributed by atoms with van der Waals surface area (Å²) < 4.78 is 0. The van der Waals surface area contributed by atoms with E-state index in [0.29, 0.717) is 0 Å². The Kier molecular flexibility index (Phi) is 5.81. The molecule has 4 N–H and O–H groups in total. The number of carbonyl (C=O) groups excluding carboxylic acids is 1. The number of nitrogens with one attached hydrogen (secondary N) is 3. The lowest BCUT2D eigenvalue weighted by molar-refractivity contribution is -0.124. The summed E-state index contributed by atoms with van der Waals surface area (Å²) in [6, 6.07) is 14.8. The number of benzene rings is 2. The second-order valence-electron chi connectivity index (χ2n) is 6.89. The van der Waals surface area contributed by atoms with Crippen LogP contribution < -0.4 is 10.8 Å². The van der Waals surface area contributed by atoms with Crippen LogP contribution in [0.25, 0.3) is 17.0 Å². The average molecular weight is 394 g/mol. The fraction of sp³-hybridized carbons (Fsp3) is 0.227. The maximum absolute atomic E-state index is 11.0. The van der Waals surface area contributed by atoms with Crippen molar-refractivity contribution in [3.8, 4) is 0 Å². The molecule has 0 bridgehead atoms. The molecule has 0 saturated carbocycles. The Labute approximate surface area is 168 Å². The van der Waals surface area contributed by atoms with Crippen LogP contribution >= 0.6 is 11.8 Å². The van der Waals surface area contributed by atoms with Crippen LogP contribution in [0.2, 0.25) is 0 Å². The van der Waals surface area contributed by atoms with Crippen molar-refractivity contribution in [2.24, 2.45) is 0 Å². The largest absolute Gasteiger partial charge is 0.349 e. The summed E-state index contributed by atoms with van der Waals surface area (Å²) in [5.41, 5.74) is 7.76. The van der Waals surface area contributed by atoms with Gasteiger partial charge in [-0.2, -0.15) is 0 Å². The molecule has 3 aromatic rings. The van der Waals surface area contributed by atoms with Crippen LogP contribution in [-0.2, 0) is 24.2 Å². The number of rotatable bonds is 7. The summed E-state index contributed by atoms with van der Waals surface area (Å²) in [5, 5.41) is 14.7. The summed E-state index contributed by atoms with van der Waals surface area (Å²) in [4.78, 5) is 14.5. The molecule has 0 atom stereocenters. The van der Waals surface area contributed by atoms with Gasteiger partial charge in [0.05, 0.1) is 5.03 Å². The van der Waals surface area contributed by atoms with E-state index < -0.39 is 5.91 Å². The number of hydroxylamine groups is 1. The van der Waals surface area contributed by atoms with Gasteiger partial charge in [0, 0.05) is 29.3 Å². The number of aryl methyl sites for hydroxylation is 1. The number of hydrogen-bond acceptors (Lipinski definition) is 4. The Balaban J connectivity index is 1.27. The minimum atomic E-state index is -0.536. The van der Waals surface area contributed by atoms with Crippen LogP contribution in [0.4, 0.5) is 0 Å². The lowest BCUT2D eigenvalue weighted by Gasteiger charge is -2.06. The van der Waals surface area contributed by atoms with Crippen molar-refractivity contribution in [1.82, 2.24) is 15.8 Å². The van der Waals surface area contributed by atoms with Gasteiger partial charge in [-0.3, -0.25) is 10.0 Å². The fourth-order valence-corrected chi connectivity index (χ4v) is 4.56. The highest BCUT2D eigenvalue weighted by Crippen LogP contribution is 2.36. The molecule has 2 aromatic carbocycles. The summed E-state index contributed by atoms with van der Waals surface area (Å²) in [6.07, 6.45) is 5.11. The Morgan fingerprint density at radius 1 is 1.18 bits per heavy atom. The van der Waals surface area contributed by atoms with Gasteiger partial charge in [0.1, 0.15) is 0 Å². The first-order valence-electron chi connectivity index (χ1n) is 9.41. The van der Waals surface area contributed by atoms with E-state index in [1.54, 1.807) is 11.6 Å². The number of aromatic nitrogens is 1. The van der Waals surface area contributed by atoms with Gasteiger partial charge in [-0.25, -0.2) is 5.48 Å². The molecule has 0 aliphatic carbocycles. The Morgan fingerprint density at radius 2 is 2.00 bits per heavy atom. The third-order valence-corrected chi connectivity index (χ3v) is 6.01. The third-order valence-electron chi connectivity index (χ3n) is 4.97. The molecule has 144 valence electrons. The van der Waals surface area contributed by atoms with Crippen LogP contribution in [0.5, 0.6) is 0 Å². The third kappa shape index (κ3) is 4.30. The predicted octanol–water partition coefficient (Wildman–Crippen LogP) is 3.67. The second-order valence-corrected chi connectivity index (χ2v) is 7.99. The quantitative estimate of drug-likeness (QED) is 0.214. The molecule has 0 fully saturated rings. The van der Waals surface area contributed by atoms with E-state index in [0.717, 1.165) is 25.1 Å². The molecule has 6 heteroatoms. The smallest absolute Gasteiger partial charge is 0.267 e. The van der Waals surface area contributed by atoms with Crippen LogP contribution in [0.1, 0.15) is 22.3 Å². The summed E-state index contributed by atoms with van der Waals surface area (Å²) in [6.45, 7) is 1.72. The lowest BCUT2D eigenvalue weighted by Crippen LogP contribution is -2.16. The maximum atomic E-state index is 11.0. The van der Waals surface area contributed by atoms with Gasteiger partial charge in [-0.1, -0.05) is 36.4 Å². The summed E-state index contributed by atoms with van der Waals surface area (Å²) >= 11 is 1.92. The molecule has 5 nitrogen and oxygen atoms in total. The fourth-order valence-electron chi connectivity index (χ4n) is 3.48. The van der Waals surface area contributed by atoms with E-state index in [-0.39, 0.29) is 0 Å². The first kappa shape index (κ1) is 18.8. The van der Waals surface area contributed by atoms with Gasteiger partial charge in [0.15, 0.2) is 0 Å². The van der Waals surface area contributed by atoms with Crippen LogP contribution in [0.3, 0.4) is 0 Å². The molecule has 28 heavy (non-hydrogen) atoms. The lowest BCUT2D eigenvalue weighted by atomic mass is 10.1. The minimum Gasteiger partial charge on any atom is -0.349 e. The molecule has 1 aliphatic rings. The van der Waals surface area contributed by atoms with E-state index in [2.05, 4.69) is 28.5 Å². The van der Waals surface area contributed by atoms with Crippen molar-refractivity contribution in [1.29, 1.82) is 0 Å². The minimum absolute atomic E-state index is 0.536. The van der Waals surface area contributed by atoms with E-state index in [1.807, 2.05) is 36.0 Å². The first-order chi connectivity index (χ1) is 13.7. The molecule has 0 unspecified atom stereocenters. The molecule has 0 radical (unpaired) electrons. The van der Waals surface area contributed by atoms with Gasteiger partial charge in [-0.05, 0) is 53.8 Å². The Morgan fingerprint density at radius 3 is 2.82 bits per heavy atom. The second kappa shape index (κ2) is 8.65. The molecule has 4 rings (SSSR count). The number of fused-ring (bicyclic) bond motifs is 3. The first-order valence-corrected chi connectivity index (χ1v) is 10.4. The van der Waals surface area contributed by atoms with E-state index in [9.17, 15) is 4.79 Å². The highest BCUT2D eigenvalue weighted by Gasteiger charge is 2.17. The molecule has 1 aliphatic heterocycles. The zero-order valence-corrected chi connectivity index (χ0v) is 16.3. The molecule has 0 spiro atoms. The number of hydrogen-bond donors (Lipinski definition) is 4. The van der Waals surface area contributed by atoms with E-state index >= 15 is 0 Å². The highest BCUT2D eigenvalue weighted by molar-refractivity contribution is 7.99. The summed E-state index contributed by atoms with van der Waals surface area (Å²) in [7, 11) is 0. The Hall–Kier alpha value is -2.54. The highest BCUT2D eigenvalue weighted by atomic mass is 32.2. The van der Waals surface area contributed by atoms with E-state index in [1.165, 1.54) is 50.9 Å². The van der Waals surface area contributed by atoms with Crippen molar-refractivity contribution in [3.63, 3.8) is 0 Å². The SMILES string of the molecule is O=C(/C=C/c1ccc(CNCCc2ccc3c4c([nH]c3c2)SCC4)cc1)NO. The maximum Gasteiger partial charge on any atom is 0.267 e. The van der Waals surface area contributed by atoms with Crippen molar-refractivity contribution in [2.45, 2.75) is 24.4 Å². The van der Waals surface area contributed by atoms with Crippen molar-refractivity contribution in [3.05, 3.63) is 70.8 Å². The molecule has 1 aromatic heterocycles. The molecule has 2 heterocycles. The van der Waals surface area contributed by atoms with Gasteiger partial charge >= 0.3 is 0 Å².